The molecule has 0 amide bonds. The van der Waals surface area contributed by atoms with Gasteiger partial charge < -0.3 is 4.90 Å². The highest BCUT2D eigenvalue weighted by atomic mass is 15.2. The van der Waals surface area contributed by atoms with Crippen LogP contribution in [0.25, 0.3) is 0 Å². The standard InChI is InChI=1S/C12H23N/c1-10(2)7-8-13-9-11-3-5-12(13)6-4-11/h10-12H,3-9H2,1-2H3. The Morgan fingerprint density at radius 1 is 1.15 bits per heavy atom. The monoisotopic (exact) mass is 181 g/mol. The Labute approximate surface area is 82.5 Å². The van der Waals surface area contributed by atoms with Gasteiger partial charge in [0.2, 0.25) is 0 Å². The van der Waals surface area contributed by atoms with Crippen molar-refractivity contribution in [2.24, 2.45) is 11.8 Å². The zero-order valence-electron chi connectivity index (χ0n) is 9.13. The predicted octanol–water partition coefficient (Wildman–Crippen LogP) is 2.91. The fourth-order valence-corrected chi connectivity index (χ4v) is 2.87. The van der Waals surface area contributed by atoms with Crippen LogP contribution in [0.2, 0.25) is 0 Å². The van der Waals surface area contributed by atoms with Gasteiger partial charge in [-0.3, -0.25) is 0 Å². The molecule has 0 spiro atoms. The van der Waals surface area contributed by atoms with E-state index in [0.717, 1.165) is 17.9 Å². The average Bonchev–Trinajstić information content (AvgIpc) is 2.17. The molecule has 3 aliphatic rings. The van der Waals surface area contributed by atoms with Gasteiger partial charge in [0, 0.05) is 12.6 Å². The molecule has 2 aliphatic heterocycles. The van der Waals surface area contributed by atoms with Crippen molar-refractivity contribution in [1.82, 2.24) is 4.90 Å². The van der Waals surface area contributed by atoms with Gasteiger partial charge in [-0.1, -0.05) is 13.8 Å². The minimum Gasteiger partial charge on any atom is -0.300 e. The van der Waals surface area contributed by atoms with E-state index in [1.54, 1.807) is 0 Å². The summed E-state index contributed by atoms with van der Waals surface area (Å²) < 4.78 is 0. The summed E-state index contributed by atoms with van der Waals surface area (Å²) in [5, 5.41) is 0. The minimum atomic E-state index is 0.875. The van der Waals surface area contributed by atoms with Crippen molar-refractivity contribution in [3.8, 4) is 0 Å². The molecule has 0 aromatic rings. The quantitative estimate of drug-likeness (QED) is 0.647. The van der Waals surface area contributed by atoms with E-state index in [1.165, 1.54) is 45.2 Å². The molecule has 0 aromatic heterocycles. The van der Waals surface area contributed by atoms with Crippen LogP contribution in [0.5, 0.6) is 0 Å². The Bertz CT molecular complexity index is 157. The Morgan fingerprint density at radius 3 is 2.31 bits per heavy atom. The molecule has 76 valence electrons. The van der Waals surface area contributed by atoms with Crippen LogP contribution in [-0.2, 0) is 0 Å². The second-order valence-electron chi connectivity index (χ2n) is 5.35. The molecular weight excluding hydrogens is 158 g/mol. The van der Waals surface area contributed by atoms with Gasteiger partial charge in [0.15, 0.2) is 0 Å². The number of fused-ring (bicyclic) bond motifs is 3. The molecule has 1 aliphatic carbocycles. The van der Waals surface area contributed by atoms with Gasteiger partial charge in [0.05, 0.1) is 0 Å². The molecule has 2 heterocycles. The third-order valence-corrected chi connectivity index (χ3v) is 3.82. The van der Waals surface area contributed by atoms with Crippen LogP contribution in [0, 0.1) is 11.8 Å². The average molecular weight is 181 g/mol. The van der Waals surface area contributed by atoms with Crippen LogP contribution in [-0.4, -0.2) is 24.0 Å². The van der Waals surface area contributed by atoms with Gasteiger partial charge in [-0.05, 0) is 50.5 Å². The Kier molecular flexibility index (Phi) is 2.92. The maximum atomic E-state index is 2.76. The summed E-state index contributed by atoms with van der Waals surface area (Å²) in [6.45, 7) is 7.45. The van der Waals surface area contributed by atoms with Crippen molar-refractivity contribution < 1.29 is 0 Å². The van der Waals surface area contributed by atoms with Gasteiger partial charge in [-0.25, -0.2) is 0 Å². The van der Waals surface area contributed by atoms with Crippen LogP contribution in [0.1, 0.15) is 46.0 Å². The topological polar surface area (TPSA) is 3.24 Å². The SMILES string of the molecule is CC(C)CCN1CC2CCC1CC2. The van der Waals surface area contributed by atoms with Crippen molar-refractivity contribution in [3.05, 3.63) is 0 Å². The first-order valence-corrected chi connectivity index (χ1v) is 5.99. The summed E-state index contributed by atoms with van der Waals surface area (Å²) in [5.74, 6) is 1.93. The normalized spacial score (nSPS) is 34.4. The summed E-state index contributed by atoms with van der Waals surface area (Å²) in [4.78, 5) is 2.76. The van der Waals surface area contributed by atoms with Crippen molar-refractivity contribution >= 4 is 0 Å². The smallest absolute Gasteiger partial charge is 0.00955 e. The Balaban J connectivity index is 1.80. The van der Waals surface area contributed by atoms with Crippen LogP contribution in [0.3, 0.4) is 0 Å². The highest BCUT2D eigenvalue weighted by molar-refractivity contribution is 4.87. The number of hydrogen-bond donors (Lipinski definition) is 0. The summed E-state index contributed by atoms with van der Waals surface area (Å²) in [5.41, 5.74) is 0. The highest BCUT2D eigenvalue weighted by Gasteiger charge is 2.32. The fraction of sp³-hybridized carbons (Fsp3) is 1.00. The maximum Gasteiger partial charge on any atom is 0.00955 e. The van der Waals surface area contributed by atoms with Crippen LogP contribution < -0.4 is 0 Å². The first-order chi connectivity index (χ1) is 6.25. The first-order valence-electron chi connectivity index (χ1n) is 5.99. The van der Waals surface area contributed by atoms with Gasteiger partial charge in [0.1, 0.15) is 0 Å². The predicted molar refractivity (Wildman–Crippen MR) is 56.8 cm³/mol. The van der Waals surface area contributed by atoms with E-state index in [-0.39, 0.29) is 0 Å². The van der Waals surface area contributed by atoms with Crippen molar-refractivity contribution in [1.29, 1.82) is 0 Å². The van der Waals surface area contributed by atoms with E-state index in [9.17, 15) is 0 Å². The van der Waals surface area contributed by atoms with Gasteiger partial charge >= 0.3 is 0 Å². The van der Waals surface area contributed by atoms with E-state index >= 15 is 0 Å². The molecule has 0 radical (unpaired) electrons. The number of nitrogens with zero attached hydrogens (tertiary/aromatic N) is 1. The summed E-state index contributed by atoms with van der Waals surface area (Å²) in [7, 11) is 0. The van der Waals surface area contributed by atoms with E-state index in [0.29, 0.717) is 0 Å². The summed E-state index contributed by atoms with van der Waals surface area (Å²) in [6.07, 6.45) is 7.40. The molecule has 0 aromatic carbocycles. The summed E-state index contributed by atoms with van der Waals surface area (Å²) >= 11 is 0. The molecule has 2 bridgehead atoms. The van der Waals surface area contributed by atoms with Crippen LogP contribution >= 0.6 is 0 Å². The molecule has 3 rings (SSSR count). The van der Waals surface area contributed by atoms with Crippen molar-refractivity contribution in [2.75, 3.05) is 13.1 Å². The summed E-state index contributed by atoms with van der Waals surface area (Å²) in [6, 6.07) is 0.962. The molecule has 1 saturated carbocycles. The van der Waals surface area contributed by atoms with Crippen LogP contribution in [0.4, 0.5) is 0 Å². The molecule has 1 nitrogen and oxygen atoms in total. The fourth-order valence-electron chi connectivity index (χ4n) is 2.87. The molecule has 13 heavy (non-hydrogen) atoms. The second-order valence-corrected chi connectivity index (χ2v) is 5.35. The maximum absolute atomic E-state index is 2.76. The van der Waals surface area contributed by atoms with E-state index in [4.69, 9.17) is 0 Å². The zero-order chi connectivity index (χ0) is 9.26. The Morgan fingerprint density at radius 2 is 1.85 bits per heavy atom. The van der Waals surface area contributed by atoms with E-state index < -0.39 is 0 Å². The van der Waals surface area contributed by atoms with E-state index in [1.807, 2.05) is 0 Å². The van der Waals surface area contributed by atoms with Gasteiger partial charge in [-0.15, -0.1) is 0 Å². The first kappa shape index (κ1) is 9.51. The number of rotatable bonds is 3. The Hall–Kier alpha value is -0.0400. The molecule has 1 heteroatoms. The number of piperidine rings is 2. The lowest BCUT2D eigenvalue weighted by Gasteiger charge is -2.45. The lowest BCUT2D eigenvalue weighted by Crippen LogP contribution is -2.48. The van der Waals surface area contributed by atoms with Crippen molar-refractivity contribution in [3.63, 3.8) is 0 Å². The van der Waals surface area contributed by atoms with Crippen LogP contribution in [0.15, 0.2) is 0 Å². The highest BCUT2D eigenvalue weighted by Crippen LogP contribution is 2.34. The number of hydrogen-bond acceptors (Lipinski definition) is 1. The second kappa shape index (κ2) is 4.00. The van der Waals surface area contributed by atoms with Crippen molar-refractivity contribution in [2.45, 2.75) is 52.0 Å². The molecule has 3 fully saturated rings. The minimum absolute atomic E-state index is 0.875. The molecule has 2 saturated heterocycles. The van der Waals surface area contributed by atoms with Gasteiger partial charge in [-0.2, -0.15) is 0 Å². The lowest BCUT2D eigenvalue weighted by atomic mass is 9.80. The van der Waals surface area contributed by atoms with E-state index in [2.05, 4.69) is 18.7 Å². The van der Waals surface area contributed by atoms with Gasteiger partial charge in [0.25, 0.3) is 0 Å². The molecule has 0 unspecified atom stereocenters. The molecule has 0 atom stereocenters. The largest absolute Gasteiger partial charge is 0.300 e. The zero-order valence-corrected chi connectivity index (χ0v) is 9.13. The molecule has 0 N–H and O–H groups in total. The third kappa shape index (κ3) is 2.25. The third-order valence-electron chi connectivity index (χ3n) is 3.82. The lowest BCUT2D eigenvalue weighted by molar-refractivity contribution is 0.0456. The molecular formula is C12H23N.